The van der Waals surface area contributed by atoms with E-state index in [2.05, 4.69) is 15.9 Å². The Labute approximate surface area is 162 Å². The van der Waals surface area contributed by atoms with Crippen molar-refractivity contribution in [1.82, 2.24) is 9.21 Å². The first-order chi connectivity index (χ1) is 12.7. The summed E-state index contributed by atoms with van der Waals surface area (Å²) in [4.78, 5) is 12.7. The predicted octanol–water partition coefficient (Wildman–Crippen LogP) is 3.01. The highest BCUT2D eigenvalue weighted by atomic mass is 79.9. The number of carbonyl (C=O) groups is 1. The van der Waals surface area contributed by atoms with Crippen molar-refractivity contribution in [2.75, 3.05) is 26.2 Å². The zero-order valence-electron chi connectivity index (χ0n) is 13.8. The predicted molar refractivity (Wildman–Crippen MR) is 95.1 cm³/mol. The molecule has 3 rings (SSSR count). The van der Waals surface area contributed by atoms with Gasteiger partial charge in [0, 0.05) is 30.7 Å². The van der Waals surface area contributed by atoms with Crippen LogP contribution in [0.3, 0.4) is 0 Å². The molecule has 2 aromatic carbocycles. The summed E-state index contributed by atoms with van der Waals surface area (Å²) in [5.74, 6) is -3.62. The van der Waals surface area contributed by atoms with Gasteiger partial charge in [-0.3, -0.25) is 4.79 Å². The smallest absolute Gasteiger partial charge is 0.256 e. The average Bonchev–Trinajstić information content (AvgIpc) is 2.61. The van der Waals surface area contributed by atoms with Gasteiger partial charge in [-0.15, -0.1) is 0 Å². The van der Waals surface area contributed by atoms with Gasteiger partial charge < -0.3 is 4.90 Å². The standard InChI is InChI=1S/C17H14BrF3N2O3S/c18-11-4-5-12(15(21)10-11)17(24)22-6-8-23(9-7-22)27(25,26)16-13(19)2-1-3-14(16)20/h1-5,10H,6-9H2. The molecule has 0 saturated carbocycles. The molecule has 1 aliphatic heterocycles. The van der Waals surface area contributed by atoms with Crippen molar-refractivity contribution < 1.29 is 26.4 Å². The second kappa shape index (κ2) is 7.61. The molecule has 1 aliphatic rings. The number of sulfonamides is 1. The van der Waals surface area contributed by atoms with E-state index in [1.54, 1.807) is 0 Å². The number of hydrogen-bond donors (Lipinski definition) is 0. The van der Waals surface area contributed by atoms with Gasteiger partial charge >= 0.3 is 0 Å². The molecule has 0 bridgehead atoms. The summed E-state index contributed by atoms with van der Waals surface area (Å²) in [7, 11) is -4.39. The van der Waals surface area contributed by atoms with E-state index in [0.29, 0.717) is 4.47 Å². The molecule has 0 spiro atoms. The minimum Gasteiger partial charge on any atom is -0.336 e. The van der Waals surface area contributed by atoms with Crippen molar-refractivity contribution in [2.24, 2.45) is 0 Å². The molecule has 0 N–H and O–H groups in total. The van der Waals surface area contributed by atoms with Gasteiger partial charge in [-0.25, -0.2) is 21.6 Å². The summed E-state index contributed by atoms with van der Waals surface area (Å²) in [5, 5.41) is 0. The van der Waals surface area contributed by atoms with Crippen LogP contribution in [0.2, 0.25) is 0 Å². The number of rotatable bonds is 3. The summed E-state index contributed by atoms with van der Waals surface area (Å²) < 4.78 is 68.1. The number of piperazine rings is 1. The van der Waals surface area contributed by atoms with Gasteiger partial charge in [-0.2, -0.15) is 4.31 Å². The number of benzene rings is 2. The van der Waals surface area contributed by atoms with Crippen LogP contribution in [-0.2, 0) is 10.0 Å². The largest absolute Gasteiger partial charge is 0.336 e. The van der Waals surface area contributed by atoms with Crippen molar-refractivity contribution in [1.29, 1.82) is 0 Å². The van der Waals surface area contributed by atoms with Crippen LogP contribution in [0, 0.1) is 17.5 Å². The Kier molecular flexibility index (Phi) is 5.59. The van der Waals surface area contributed by atoms with Gasteiger partial charge in [0.25, 0.3) is 5.91 Å². The van der Waals surface area contributed by atoms with Crippen molar-refractivity contribution in [2.45, 2.75) is 4.90 Å². The number of halogens is 4. The van der Waals surface area contributed by atoms with Gasteiger partial charge in [0.15, 0.2) is 4.90 Å². The summed E-state index contributed by atoms with van der Waals surface area (Å²) in [5.41, 5.74) is -0.130. The quantitative estimate of drug-likeness (QED) is 0.704. The Bertz CT molecular complexity index is 973. The molecule has 144 valence electrons. The normalized spacial score (nSPS) is 15.8. The molecule has 2 aromatic rings. The fourth-order valence-electron chi connectivity index (χ4n) is 2.82. The Balaban J connectivity index is 1.76. The van der Waals surface area contributed by atoms with E-state index < -0.39 is 38.3 Å². The third-order valence-electron chi connectivity index (χ3n) is 4.20. The molecule has 1 amide bonds. The topological polar surface area (TPSA) is 57.7 Å². The minimum absolute atomic E-state index is 0.0242. The summed E-state index contributed by atoms with van der Waals surface area (Å²) in [6.07, 6.45) is 0. The molecule has 0 atom stereocenters. The minimum atomic E-state index is -4.39. The van der Waals surface area contributed by atoms with E-state index in [0.717, 1.165) is 28.6 Å². The van der Waals surface area contributed by atoms with Crippen molar-refractivity contribution in [3.63, 3.8) is 0 Å². The van der Waals surface area contributed by atoms with Gasteiger partial charge in [0.2, 0.25) is 10.0 Å². The van der Waals surface area contributed by atoms with Crippen molar-refractivity contribution in [3.8, 4) is 0 Å². The van der Waals surface area contributed by atoms with E-state index in [9.17, 15) is 26.4 Å². The van der Waals surface area contributed by atoms with Gasteiger partial charge in [-0.1, -0.05) is 22.0 Å². The number of carbonyl (C=O) groups excluding carboxylic acids is 1. The maximum atomic E-state index is 14.0. The van der Waals surface area contributed by atoms with Crippen LogP contribution in [-0.4, -0.2) is 49.7 Å². The van der Waals surface area contributed by atoms with E-state index in [-0.39, 0.29) is 31.7 Å². The Morgan fingerprint density at radius 1 is 0.926 bits per heavy atom. The van der Waals surface area contributed by atoms with E-state index >= 15 is 0 Å². The molecular formula is C17H14BrF3N2O3S. The van der Waals surface area contributed by atoms with Crippen molar-refractivity contribution >= 4 is 31.9 Å². The van der Waals surface area contributed by atoms with Crippen LogP contribution >= 0.6 is 15.9 Å². The molecule has 1 saturated heterocycles. The molecule has 1 fully saturated rings. The van der Waals surface area contributed by atoms with Crippen LogP contribution < -0.4 is 0 Å². The summed E-state index contributed by atoms with van der Waals surface area (Å²) >= 11 is 3.11. The lowest BCUT2D eigenvalue weighted by atomic mass is 10.1. The number of nitrogens with zero attached hydrogens (tertiary/aromatic N) is 2. The molecule has 0 aliphatic carbocycles. The second-order valence-corrected chi connectivity index (χ2v) is 8.66. The first kappa shape index (κ1) is 19.8. The van der Waals surface area contributed by atoms with E-state index in [1.807, 2.05) is 0 Å². The maximum absolute atomic E-state index is 14.0. The molecular weight excluding hydrogens is 449 g/mol. The Morgan fingerprint density at radius 2 is 1.52 bits per heavy atom. The lowest BCUT2D eigenvalue weighted by molar-refractivity contribution is 0.0692. The first-order valence-corrected chi connectivity index (χ1v) is 10.1. The fraction of sp³-hybridized carbons (Fsp3) is 0.235. The van der Waals surface area contributed by atoms with Gasteiger partial charge in [0.05, 0.1) is 5.56 Å². The zero-order chi connectivity index (χ0) is 19.8. The fourth-order valence-corrected chi connectivity index (χ4v) is 4.69. The lowest BCUT2D eigenvalue weighted by Gasteiger charge is -2.34. The third kappa shape index (κ3) is 3.87. The van der Waals surface area contributed by atoms with Gasteiger partial charge in [-0.05, 0) is 30.3 Å². The monoisotopic (exact) mass is 462 g/mol. The number of amides is 1. The third-order valence-corrected chi connectivity index (χ3v) is 6.65. The molecule has 5 nitrogen and oxygen atoms in total. The molecule has 27 heavy (non-hydrogen) atoms. The van der Waals surface area contributed by atoms with Crippen LogP contribution in [0.15, 0.2) is 45.8 Å². The lowest BCUT2D eigenvalue weighted by Crippen LogP contribution is -2.50. The molecule has 0 radical (unpaired) electrons. The summed E-state index contributed by atoms with van der Waals surface area (Å²) in [6.45, 7) is -0.354. The highest BCUT2D eigenvalue weighted by Gasteiger charge is 2.34. The Hall–Kier alpha value is -1.91. The SMILES string of the molecule is O=C(c1ccc(Br)cc1F)N1CCN(S(=O)(=O)c2c(F)cccc2F)CC1. The van der Waals surface area contributed by atoms with Crippen LogP contribution in [0.25, 0.3) is 0 Å². The van der Waals surface area contributed by atoms with Crippen LogP contribution in [0.1, 0.15) is 10.4 Å². The average molecular weight is 463 g/mol. The maximum Gasteiger partial charge on any atom is 0.256 e. The molecule has 0 unspecified atom stereocenters. The van der Waals surface area contributed by atoms with E-state index in [4.69, 9.17) is 0 Å². The molecule has 10 heteroatoms. The molecule has 1 heterocycles. The second-order valence-electron chi connectivity index (χ2n) is 5.87. The number of hydrogen-bond acceptors (Lipinski definition) is 3. The van der Waals surface area contributed by atoms with Crippen LogP contribution in [0.4, 0.5) is 13.2 Å². The van der Waals surface area contributed by atoms with E-state index in [1.165, 1.54) is 17.0 Å². The highest BCUT2D eigenvalue weighted by molar-refractivity contribution is 9.10. The Morgan fingerprint density at radius 3 is 2.07 bits per heavy atom. The first-order valence-electron chi connectivity index (χ1n) is 7.90. The van der Waals surface area contributed by atoms with Gasteiger partial charge in [0.1, 0.15) is 17.5 Å². The summed E-state index contributed by atoms with van der Waals surface area (Å²) in [6, 6.07) is 6.83. The highest BCUT2D eigenvalue weighted by Crippen LogP contribution is 2.24. The van der Waals surface area contributed by atoms with Crippen LogP contribution in [0.5, 0.6) is 0 Å². The molecule has 0 aromatic heterocycles. The zero-order valence-corrected chi connectivity index (χ0v) is 16.2. The van der Waals surface area contributed by atoms with Crippen molar-refractivity contribution in [3.05, 3.63) is 63.9 Å².